The standard InChI is InChI=1S/C28H34N4O3S/c33-26(32-28-31-24-17-10-5-3-1-2-4-6-11-18-25(24)36-28)20-35-23-16-12-15-22(19-23)30-27(34)29-21-13-8-7-9-14-21/h7-9,12-16,19H,1-6,10-11,17-18,20H2,(H2,29,30,34)(H,31,32,33). The van der Waals surface area contributed by atoms with E-state index in [9.17, 15) is 9.59 Å². The van der Waals surface area contributed by atoms with Crippen LogP contribution in [0, 0.1) is 0 Å². The molecule has 7 nitrogen and oxygen atoms in total. The molecular formula is C28H34N4O3S. The maximum absolute atomic E-state index is 12.6. The molecule has 0 spiro atoms. The van der Waals surface area contributed by atoms with Gasteiger partial charge in [0, 0.05) is 22.3 Å². The lowest BCUT2D eigenvalue weighted by Gasteiger charge is -2.10. The molecule has 3 aromatic rings. The van der Waals surface area contributed by atoms with E-state index in [1.54, 1.807) is 35.6 Å². The fourth-order valence-electron chi connectivity index (χ4n) is 4.25. The van der Waals surface area contributed by atoms with Gasteiger partial charge in [-0.15, -0.1) is 11.3 Å². The number of ether oxygens (including phenoxy) is 1. The number of hydrogen-bond acceptors (Lipinski definition) is 5. The molecule has 0 fully saturated rings. The number of rotatable bonds is 6. The molecule has 0 saturated carbocycles. The number of carbonyl (C=O) groups excluding carboxylic acids is 2. The van der Waals surface area contributed by atoms with Crippen LogP contribution in [0.1, 0.15) is 61.9 Å². The lowest BCUT2D eigenvalue weighted by atomic mass is 10.0. The van der Waals surface area contributed by atoms with Crippen LogP contribution in [-0.2, 0) is 17.6 Å². The summed E-state index contributed by atoms with van der Waals surface area (Å²) in [6.07, 6.45) is 12.1. The van der Waals surface area contributed by atoms with Gasteiger partial charge in [-0.3, -0.25) is 10.1 Å². The quantitative estimate of drug-likeness (QED) is 0.335. The van der Waals surface area contributed by atoms with Crippen LogP contribution in [0.15, 0.2) is 54.6 Å². The molecular weight excluding hydrogens is 472 g/mol. The second-order valence-corrected chi connectivity index (χ2v) is 10.1. The van der Waals surface area contributed by atoms with Crippen molar-refractivity contribution in [2.24, 2.45) is 0 Å². The van der Waals surface area contributed by atoms with E-state index in [1.165, 1.54) is 49.8 Å². The lowest BCUT2D eigenvalue weighted by molar-refractivity contribution is -0.118. The summed E-state index contributed by atoms with van der Waals surface area (Å²) in [5.74, 6) is 0.244. The highest BCUT2D eigenvalue weighted by Gasteiger charge is 2.14. The van der Waals surface area contributed by atoms with Crippen LogP contribution in [0.4, 0.5) is 21.3 Å². The molecule has 3 amide bonds. The van der Waals surface area contributed by atoms with Crippen LogP contribution in [0.2, 0.25) is 0 Å². The molecule has 8 heteroatoms. The molecule has 1 aliphatic rings. The first-order valence-corrected chi connectivity index (χ1v) is 13.6. The van der Waals surface area contributed by atoms with Gasteiger partial charge in [0.15, 0.2) is 11.7 Å². The first kappa shape index (κ1) is 25.7. The Bertz CT molecular complexity index is 1100. The van der Waals surface area contributed by atoms with E-state index in [0.29, 0.717) is 22.3 Å². The minimum Gasteiger partial charge on any atom is -0.484 e. The van der Waals surface area contributed by atoms with Crippen molar-refractivity contribution in [2.75, 3.05) is 22.6 Å². The third kappa shape index (κ3) is 8.37. The number of nitrogens with one attached hydrogen (secondary N) is 3. The predicted molar refractivity (Wildman–Crippen MR) is 146 cm³/mol. The van der Waals surface area contributed by atoms with Crippen molar-refractivity contribution in [2.45, 2.75) is 64.2 Å². The molecule has 0 saturated heterocycles. The van der Waals surface area contributed by atoms with E-state index in [1.807, 2.05) is 30.3 Å². The highest BCUT2D eigenvalue weighted by atomic mass is 32.1. The predicted octanol–water partition coefficient (Wildman–Crippen LogP) is 7.02. The van der Waals surface area contributed by atoms with E-state index in [4.69, 9.17) is 9.72 Å². The van der Waals surface area contributed by atoms with Crippen LogP contribution in [0.5, 0.6) is 5.75 Å². The van der Waals surface area contributed by atoms with Gasteiger partial charge in [-0.2, -0.15) is 0 Å². The molecule has 1 aromatic heterocycles. The summed E-state index contributed by atoms with van der Waals surface area (Å²) in [5.41, 5.74) is 2.41. The molecule has 0 aliphatic heterocycles. The number of urea groups is 1. The molecule has 2 aromatic carbocycles. The number of aryl methyl sites for hydroxylation is 2. The number of benzene rings is 2. The maximum Gasteiger partial charge on any atom is 0.323 e. The number of carbonyl (C=O) groups is 2. The van der Waals surface area contributed by atoms with Crippen molar-refractivity contribution in [1.82, 2.24) is 4.98 Å². The van der Waals surface area contributed by atoms with Crippen LogP contribution >= 0.6 is 11.3 Å². The molecule has 0 atom stereocenters. The van der Waals surface area contributed by atoms with Gasteiger partial charge in [0.1, 0.15) is 5.75 Å². The summed E-state index contributed by atoms with van der Waals surface area (Å²) < 4.78 is 5.68. The van der Waals surface area contributed by atoms with Gasteiger partial charge in [0.05, 0.1) is 5.69 Å². The van der Waals surface area contributed by atoms with Crippen molar-refractivity contribution in [3.8, 4) is 5.75 Å². The van der Waals surface area contributed by atoms with E-state index in [-0.39, 0.29) is 18.5 Å². The maximum atomic E-state index is 12.6. The van der Waals surface area contributed by atoms with Gasteiger partial charge in [-0.05, 0) is 49.9 Å². The Morgan fingerprint density at radius 3 is 2.22 bits per heavy atom. The molecule has 0 radical (unpaired) electrons. The van der Waals surface area contributed by atoms with Gasteiger partial charge in [-0.25, -0.2) is 9.78 Å². The number of nitrogens with zero attached hydrogens (tertiary/aromatic N) is 1. The Labute approximate surface area is 216 Å². The van der Waals surface area contributed by atoms with E-state index in [2.05, 4.69) is 16.0 Å². The number of para-hydroxylation sites is 1. The van der Waals surface area contributed by atoms with E-state index in [0.717, 1.165) is 25.0 Å². The third-order valence-corrected chi connectivity index (χ3v) is 7.16. The Hall–Kier alpha value is -3.39. The smallest absolute Gasteiger partial charge is 0.323 e. The summed E-state index contributed by atoms with van der Waals surface area (Å²) >= 11 is 1.59. The number of aromatic nitrogens is 1. The second kappa shape index (κ2) is 13.6. The first-order valence-electron chi connectivity index (χ1n) is 12.8. The Kier molecular flexibility index (Phi) is 9.73. The summed E-state index contributed by atoms with van der Waals surface area (Å²) in [6.45, 7) is -0.135. The summed E-state index contributed by atoms with van der Waals surface area (Å²) in [5, 5.41) is 9.10. The molecule has 36 heavy (non-hydrogen) atoms. The van der Waals surface area contributed by atoms with Crippen molar-refractivity contribution >= 4 is 39.8 Å². The van der Waals surface area contributed by atoms with Gasteiger partial charge in [-0.1, -0.05) is 62.8 Å². The Morgan fingerprint density at radius 1 is 0.778 bits per heavy atom. The normalized spacial score (nSPS) is 14.4. The molecule has 0 unspecified atom stereocenters. The Morgan fingerprint density at radius 2 is 1.44 bits per heavy atom. The van der Waals surface area contributed by atoms with Crippen molar-refractivity contribution in [3.05, 3.63) is 65.2 Å². The average Bonchev–Trinajstić information content (AvgIpc) is 3.24. The summed E-state index contributed by atoms with van der Waals surface area (Å²) in [4.78, 5) is 30.8. The highest BCUT2D eigenvalue weighted by molar-refractivity contribution is 7.15. The number of hydrogen-bond donors (Lipinski definition) is 3. The van der Waals surface area contributed by atoms with E-state index < -0.39 is 0 Å². The van der Waals surface area contributed by atoms with Crippen molar-refractivity contribution in [3.63, 3.8) is 0 Å². The van der Waals surface area contributed by atoms with E-state index >= 15 is 0 Å². The fourth-order valence-corrected chi connectivity index (χ4v) is 5.31. The number of amides is 3. The second-order valence-electron chi connectivity index (χ2n) is 9.03. The van der Waals surface area contributed by atoms with Crippen LogP contribution < -0.4 is 20.7 Å². The molecule has 190 valence electrons. The van der Waals surface area contributed by atoms with Gasteiger partial charge >= 0.3 is 6.03 Å². The molecule has 4 rings (SSSR count). The number of fused-ring (bicyclic) bond motifs is 1. The highest BCUT2D eigenvalue weighted by Crippen LogP contribution is 2.27. The van der Waals surface area contributed by atoms with Crippen LogP contribution in [-0.4, -0.2) is 23.5 Å². The Balaban J connectivity index is 1.27. The van der Waals surface area contributed by atoms with Crippen molar-refractivity contribution in [1.29, 1.82) is 0 Å². The average molecular weight is 507 g/mol. The zero-order valence-corrected chi connectivity index (χ0v) is 21.4. The van der Waals surface area contributed by atoms with Crippen LogP contribution in [0.25, 0.3) is 0 Å². The van der Waals surface area contributed by atoms with Crippen LogP contribution in [0.3, 0.4) is 0 Å². The minimum atomic E-state index is -0.354. The SMILES string of the molecule is O=C(COc1cccc(NC(=O)Nc2ccccc2)c1)Nc1nc2c(s1)CCCCCCCCCC2. The minimum absolute atomic E-state index is 0.135. The molecule has 1 aliphatic carbocycles. The zero-order valence-electron chi connectivity index (χ0n) is 20.6. The molecule has 3 N–H and O–H groups in total. The number of anilines is 3. The first-order chi connectivity index (χ1) is 17.7. The zero-order chi connectivity index (χ0) is 25.0. The topological polar surface area (TPSA) is 92.3 Å². The number of thiazole rings is 1. The summed E-state index contributed by atoms with van der Waals surface area (Å²) in [6, 6.07) is 15.8. The lowest BCUT2D eigenvalue weighted by Crippen LogP contribution is -2.20. The largest absolute Gasteiger partial charge is 0.484 e. The third-order valence-electron chi connectivity index (χ3n) is 6.09. The molecule has 0 bridgehead atoms. The van der Waals surface area contributed by atoms with Gasteiger partial charge in [0.25, 0.3) is 5.91 Å². The molecule has 1 heterocycles. The van der Waals surface area contributed by atoms with Gasteiger partial charge < -0.3 is 15.4 Å². The van der Waals surface area contributed by atoms with Gasteiger partial charge in [0.2, 0.25) is 0 Å². The monoisotopic (exact) mass is 506 g/mol. The fraction of sp³-hybridized carbons (Fsp3) is 0.393. The summed E-state index contributed by atoms with van der Waals surface area (Å²) in [7, 11) is 0. The van der Waals surface area contributed by atoms with Crippen molar-refractivity contribution < 1.29 is 14.3 Å².